The summed E-state index contributed by atoms with van der Waals surface area (Å²) in [4.78, 5) is 43.1. The van der Waals surface area contributed by atoms with Crippen LogP contribution in [0.5, 0.6) is 5.75 Å². The Labute approximate surface area is 208 Å². The molecular formula is C27H26N4O5. The van der Waals surface area contributed by atoms with E-state index in [1.165, 1.54) is 16.1 Å². The molecule has 36 heavy (non-hydrogen) atoms. The van der Waals surface area contributed by atoms with Crippen molar-refractivity contribution in [3.8, 4) is 5.75 Å². The van der Waals surface area contributed by atoms with Gasteiger partial charge >= 0.3 is 6.03 Å². The smallest absolute Gasteiger partial charge is 0.322 e. The van der Waals surface area contributed by atoms with Gasteiger partial charge in [-0.05, 0) is 35.4 Å². The van der Waals surface area contributed by atoms with E-state index in [0.29, 0.717) is 28.3 Å². The minimum absolute atomic E-state index is 0.123. The molecule has 2 aliphatic heterocycles. The molecule has 1 aromatic heterocycles. The predicted octanol–water partition coefficient (Wildman–Crippen LogP) is 3.14. The van der Waals surface area contributed by atoms with E-state index in [1.807, 2.05) is 42.5 Å². The lowest BCUT2D eigenvalue weighted by Crippen LogP contribution is -2.45. The Balaban J connectivity index is 1.48. The van der Waals surface area contributed by atoms with Crippen molar-refractivity contribution in [2.75, 3.05) is 20.7 Å². The van der Waals surface area contributed by atoms with Crippen LogP contribution in [0.25, 0.3) is 0 Å². The molecule has 0 fully saturated rings. The number of nitrogens with zero attached hydrogens (tertiary/aromatic N) is 2. The quantitative estimate of drug-likeness (QED) is 0.534. The zero-order valence-electron chi connectivity index (χ0n) is 19.9. The number of rotatable bonds is 7. The van der Waals surface area contributed by atoms with Gasteiger partial charge in [-0.2, -0.15) is 0 Å². The summed E-state index contributed by atoms with van der Waals surface area (Å²) in [7, 11) is 3.20. The van der Waals surface area contributed by atoms with E-state index in [2.05, 4.69) is 10.6 Å². The second-order valence-electron chi connectivity index (χ2n) is 8.62. The molecule has 4 amide bonds. The maximum absolute atomic E-state index is 13.9. The Morgan fingerprint density at radius 2 is 1.86 bits per heavy atom. The minimum Gasteiger partial charge on any atom is -0.497 e. The number of benzene rings is 2. The van der Waals surface area contributed by atoms with Crippen molar-refractivity contribution in [1.82, 2.24) is 20.4 Å². The third-order valence-electron chi connectivity index (χ3n) is 6.53. The van der Waals surface area contributed by atoms with Crippen molar-refractivity contribution >= 4 is 17.8 Å². The number of nitrogens with one attached hydrogen (secondary N) is 2. The number of likely N-dealkylation sites (N-methyl/N-ethyl adjacent to an activating group) is 1. The molecule has 0 bridgehead atoms. The lowest BCUT2D eigenvalue weighted by molar-refractivity contribution is -0.136. The Kier molecular flexibility index (Phi) is 6.20. The molecule has 0 radical (unpaired) electrons. The first-order valence-corrected chi connectivity index (χ1v) is 11.5. The highest BCUT2D eigenvalue weighted by atomic mass is 16.5. The number of hydrogen-bond donors (Lipinski definition) is 2. The van der Waals surface area contributed by atoms with Gasteiger partial charge in [0, 0.05) is 7.05 Å². The molecule has 0 saturated heterocycles. The topological polar surface area (TPSA) is 104 Å². The first-order valence-electron chi connectivity index (χ1n) is 11.5. The second-order valence-corrected chi connectivity index (χ2v) is 8.62. The first kappa shape index (κ1) is 23.2. The van der Waals surface area contributed by atoms with Crippen LogP contribution in [0.2, 0.25) is 0 Å². The van der Waals surface area contributed by atoms with E-state index in [4.69, 9.17) is 9.15 Å². The Morgan fingerprint density at radius 1 is 1.11 bits per heavy atom. The van der Waals surface area contributed by atoms with Crippen molar-refractivity contribution in [3.05, 3.63) is 101 Å². The molecule has 2 aromatic carbocycles. The average Bonchev–Trinajstić information content (AvgIpc) is 3.54. The summed E-state index contributed by atoms with van der Waals surface area (Å²) in [6.07, 6.45) is 1.54. The largest absolute Gasteiger partial charge is 0.497 e. The van der Waals surface area contributed by atoms with Gasteiger partial charge in [0.15, 0.2) is 0 Å². The maximum Gasteiger partial charge on any atom is 0.322 e. The number of urea groups is 1. The molecule has 0 spiro atoms. The van der Waals surface area contributed by atoms with Gasteiger partial charge in [-0.15, -0.1) is 0 Å². The summed E-state index contributed by atoms with van der Waals surface area (Å²) in [5.41, 5.74) is 2.44. The van der Waals surface area contributed by atoms with Crippen LogP contribution in [0.3, 0.4) is 0 Å². The summed E-state index contributed by atoms with van der Waals surface area (Å²) in [6.45, 7) is 0.317. The van der Waals surface area contributed by atoms with Crippen LogP contribution in [-0.2, 0) is 16.1 Å². The highest BCUT2D eigenvalue weighted by Gasteiger charge is 2.46. The molecule has 9 nitrogen and oxygen atoms in total. The molecule has 0 saturated carbocycles. The van der Waals surface area contributed by atoms with Crippen LogP contribution in [0.4, 0.5) is 4.79 Å². The van der Waals surface area contributed by atoms with Gasteiger partial charge in [0.2, 0.25) is 5.91 Å². The van der Waals surface area contributed by atoms with Crippen molar-refractivity contribution in [3.63, 3.8) is 0 Å². The molecule has 2 N–H and O–H groups in total. The van der Waals surface area contributed by atoms with Crippen LogP contribution in [0.1, 0.15) is 29.0 Å². The summed E-state index contributed by atoms with van der Waals surface area (Å²) in [5.74, 6) is 0.631. The second kappa shape index (κ2) is 9.61. The molecule has 2 atom stereocenters. The number of methoxy groups -OCH3 is 1. The van der Waals surface area contributed by atoms with Crippen molar-refractivity contribution in [2.24, 2.45) is 0 Å². The molecule has 3 aromatic rings. The van der Waals surface area contributed by atoms with Gasteiger partial charge in [-0.3, -0.25) is 14.5 Å². The van der Waals surface area contributed by atoms with E-state index in [-0.39, 0.29) is 30.9 Å². The lowest BCUT2D eigenvalue weighted by atomic mass is 9.95. The van der Waals surface area contributed by atoms with Gasteiger partial charge in [0.05, 0.1) is 43.8 Å². The van der Waals surface area contributed by atoms with E-state index >= 15 is 0 Å². The maximum atomic E-state index is 13.9. The van der Waals surface area contributed by atoms with E-state index < -0.39 is 12.1 Å². The van der Waals surface area contributed by atoms with Gasteiger partial charge in [-0.1, -0.05) is 42.5 Å². The van der Waals surface area contributed by atoms with Crippen LogP contribution >= 0.6 is 0 Å². The van der Waals surface area contributed by atoms with Crippen LogP contribution in [0, 0.1) is 0 Å². The molecule has 3 heterocycles. The Hall–Kier alpha value is -4.53. The summed E-state index contributed by atoms with van der Waals surface area (Å²) in [6, 6.07) is 18.0. The number of ether oxygens (including phenoxy) is 1. The van der Waals surface area contributed by atoms with Gasteiger partial charge in [0.1, 0.15) is 17.6 Å². The fraction of sp³-hybridized carbons (Fsp3) is 0.222. The normalized spacial score (nSPS) is 18.1. The van der Waals surface area contributed by atoms with E-state index in [1.54, 1.807) is 38.4 Å². The molecule has 0 aliphatic carbocycles. The van der Waals surface area contributed by atoms with Crippen LogP contribution < -0.4 is 15.4 Å². The number of hydrogen-bond acceptors (Lipinski definition) is 5. The summed E-state index contributed by atoms with van der Waals surface area (Å²) in [5, 5.41) is 5.80. The van der Waals surface area contributed by atoms with Crippen LogP contribution in [-0.4, -0.2) is 48.3 Å². The Morgan fingerprint density at radius 3 is 2.53 bits per heavy atom. The molecular weight excluding hydrogens is 460 g/mol. The minimum atomic E-state index is -0.890. The highest BCUT2D eigenvalue weighted by molar-refractivity contribution is 6.03. The van der Waals surface area contributed by atoms with Gasteiger partial charge in [0.25, 0.3) is 5.91 Å². The molecule has 5 rings (SSSR count). The number of carbonyl (C=O) groups is 3. The first-order chi connectivity index (χ1) is 17.5. The Bertz CT molecular complexity index is 1300. The van der Waals surface area contributed by atoms with Crippen LogP contribution in [0.15, 0.2) is 88.7 Å². The predicted molar refractivity (Wildman–Crippen MR) is 131 cm³/mol. The summed E-state index contributed by atoms with van der Waals surface area (Å²) >= 11 is 0. The lowest BCUT2D eigenvalue weighted by Gasteiger charge is -2.31. The van der Waals surface area contributed by atoms with E-state index in [0.717, 1.165) is 5.56 Å². The zero-order chi connectivity index (χ0) is 25.2. The standard InChI is InChI=1S/C27H26N4O5/c1-30-21-16-31(24(18-7-4-3-5-8-18)25(32)28-15-20-9-6-14-36-20)26(33)22(21)23(29-27(30)34)17-10-12-19(35-2)13-11-17/h3-14,23-24H,15-16H2,1-2H3,(H,28,32)(H,29,34)/t23-,24-/m1/s1. The number of amides is 4. The highest BCUT2D eigenvalue weighted by Crippen LogP contribution is 2.39. The fourth-order valence-electron chi connectivity index (χ4n) is 4.64. The molecule has 184 valence electrons. The van der Waals surface area contributed by atoms with Crippen molar-refractivity contribution < 1.29 is 23.5 Å². The molecule has 2 aliphatic rings. The average molecular weight is 487 g/mol. The van der Waals surface area contributed by atoms with Crippen molar-refractivity contribution in [1.29, 1.82) is 0 Å². The molecule has 0 unspecified atom stereocenters. The van der Waals surface area contributed by atoms with Gasteiger partial charge < -0.3 is 24.7 Å². The van der Waals surface area contributed by atoms with Crippen molar-refractivity contribution in [2.45, 2.75) is 18.6 Å². The zero-order valence-corrected chi connectivity index (χ0v) is 19.9. The monoisotopic (exact) mass is 486 g/mol. The fourth-order valence-corrected chi connectivity index (χ4v) is 4.64. The molecule has 9 heteroatoms. The van der Waals surface area contributed by atoms with Gasteiger partial charge in [-0.25, -0.2) is 4.79 Å². The number of carbonyl (C=O) groups excluding carboxylic acids is 3. The summed E-state index contributed by atoms with van der Waals surface area (Å²) < 4.78 is 10.6. The SMILES string of the molecule is COc1ccc([C@H]2NC(=O)N(C)C3=C2C(=O)N([C@@H](C(=O)NCc2ccco2)c2ccccc2)C3)cc1. The number of furan rings is 1. The van der Waals surface area contributed by atoms with E-state index in [9.17, 15) is 14.4 Å². The third kappa shape index (κ3) is 4.19. The third-order valence-corrected chi connectivity index (χ3v) is 6.53.